The lowest BCUT2D eigenvalue weighted by Crippen LogP contribution is -2.43. The largest absolute Gasteiger partial charge is 0.382 e. The molecule has 2 heterocycles. The summed E-state index contributed by atoms with van der Waals surface area (Å²) in [5.41, 5.74) is 2.62. The van der Waals surface area contributed by atoms with Crippen molar-refractivity contribution in [3.05, 3.63) is 29.8 Å². The topological polar surface area (TPSA) is 27.3 Å². The molecular formula is C18H30ClN3. The standard InChI is InChI=1S/C18H29N3.ClH/c1-15-3-2-4-18(13-15)20-17-7-11-21(12-8-17)14-16-5-9-19-10-6-16;/h2-4,13,16-17,19-20H,5-12,14H2,1H3;1H. The molecule has 2 N–H and O–H groups in total. The molecule has 0 bridgehead atoms. The number of benzene rings is 1. The summed E-state index contributed by atoms with van der Waals surface area (Å²) >= 11 is 0. The minimum absolute atomic E-state index is 0. The highest BCUT2D eigenvalue weighted by atomic mass is 35.5. The van der Waals surface area contributed by atoms with Crippen LogP contribution in [0.5, 0.6) is 0 Å². The van der Waals surface area contributed by atoms with Crippen molar-refractivity contribution < 1.29 is 0 Å². The monoisotopic (exact) mass is 323 g/mol. The van der Waals surface area contributed by atoms with E-state index in [2.05, 4.69) is 46.7 Å². The normalized spacial score (nSPS) is 21.3. The Hall–Kier alpha value is -0.770. The number of nitrogens with one attached hydrogen (secondary N) is 2. The van der Waals surface area contributed by atoms with E-state index in [0.717, 1.165) is 5.92 Å². The summed E-state index contributed by atoms with van der Waals surface area (Å²) in [7, 11) is 0. The molecule has 0 atom stereocenters. The van der Waals surface area contributed by atoms with Crippen LogP contribution >= 0.6 is 12.4 Å². The van der Waals surface area contributed by atoms with E-state index < -0.39 is 0 Å². The lowest BCUT2D eigenvalue weighted by molar-refractivity contribution is 0.171. The number of hydrogen-bond acceptors (Lipinski definition) is 3. The van der Waals surface area contributed by atoms with Crippen LogP contribution in [0.2, 0.25) is 0 Å². The Kier molecular flexibility index (Phi) is 7.00. The third-order valence-corrected chi connectivity index (χ3v) is 4.95. The molecule has 1 aromatic carbocycles. The smallest absolute Gasteiger partial charge is 0.0344 e. The molecule has 0 radical (unpaired) electrons. The fraction of sp³-hybridized carbons (Fsp3) is 0.667. The van der Waals surface area contributed by atoms with Crippen LogP contribution in [-0.2, 0) is 0 Å². The number of nitrogens with zero attached hydrogens (tertiary/aromatic N) is 1. The minimum Gasteiger partial charge on any atom is -0.382 e. The maximum Gasteiger partial charge on any atom is 0.0344 e. The Morgan fingerprint density at radius 1 is 1.14 bits per heavy atom. The van der Waals surface area contributed by atoms with Gasteiger partial charge in [-0.15, -0.1) is 12.4 Å². The molecule has 4 heteroatoms. The average Bonchev–Trinajstić information content (AvgIpc) is 2.50. The molecule has 2 saturated heterocycles. The zero-order valence-corrected chi connectivity index (χ0v) is 14.5. The molecule has 0 aliphatic carbocycles. The van der Waals surface area contributed by atoms with Crippen LogP contribution in [0.3, 0.4) is 0 Å². The number of rotatable bonds is 4. The van der Waals surface area contributed by atoms with Gasteiger partial charge in [-0.3, -0.25) is 0 Å². The van der Waals surface area contributed by atoms with Gasteiger partial charge in [0.15, 0.2) is 0 Å². The fourth-order valence-corrected chi connectivity index (χ4v) is 3.66. The highest BCUT2D eigenvalue weighted by molar-refractivity contribution is 5.85. The second-order valence-electron chi connectivity index (χ2n) is 6.78. The maximum absolute atomic E-state index is 3.71. The zero-order chi connectivity index (χ0) is 14.5. The Bertz CT molecular complexity index is 438. The van der Waals surface area contributed by atoms with E-state index in [9.17, 15) is 0 Å². The van der Waals surface area contributed by atoms with Crippen molar-refractivity contribution in [3.8, 4) is 0 Å². The van der Waals surface area contributed by atoms with Crippen LogP contribution in [0, 0.1) is 12.8 Å². The lowest BCUT2D eigenvalue weighted by atomic mass is 9.96. The van der Waals surface area contributed by atoms with Crippen molar-refractivity contribution in [2.75, 3.05) is 38.0 Å². The molecule has 2 aliphatic heterocycles. The molecule has 0 aromatic heterocycles. The summed E-state index contributed by atoms with van der Waals surface area (Å²) in [6.45, 7) is 8.43. The van der Waals surface area contributed by atoms with Gasteiger partial charge in [0.05, 0.1) is 0 Å². The molecule has 0 saturated carbocycles. The number of anilines is 1. The Labute approximate surface area is 141 Å². The van der Waals surface area contributed by atoms with Crippen molar-refractivity contribution >= 4 is 18.1 Å². The van der Waals surface area contributed by atoms with Gasteiger partial charge in [-0.25, -0.2) is 0 Å². The molecule has 0 spiro atoms. The quantitative estimate of drug-likeness (QED) is 0.890. The van der Waals surface area contributed by atoms with Crippen LogP contribution in [0.4, 0.5) is 5.69 Å². The van der Waals surface area contributed by atoms with Crippen molar-refractivity contribution in [3.63, 3.8) is 0 Å². The predicted molar refractivity (Wildman–Crippen MR) is 97.1 cm³/mol. The number of hydrogen-bond donors (Lipinski definition) is 2. The van der Waals surface area contributed by atoms with Gasteiger partial charge in [0.2, 0.25) is 0 Å². The van der Waals surface area contributed by atoms with Gasteiger partial charge < -0.3 is 15.5 Å². The van der Waals surface area contributed by atoms with Crippen molar-refractivity contribution in [2.24, 2.45) is 5.92 Å². The van der Waals surface area contributed by atoms with Gasteiger partial charge >= 0.3 is 0 Å². The predicted octanol–water partition coefficient (Wildman–Crippen LogP) is 3.29. The van der Waals surface area contributed by atoms with Crippen molar-refractivity contribution in [2.45, 2.75) is 38.6 Å². The summed E-state index contributed by atoms with van der Waals surface area (Å²) in [6.07, 6.45) is 5.28. The molecular weight excluding hydrogens is 294 g/mol. The first-order valence-corrected chi connectivity index (χ1v) is 8.56. The van der Waals surface area contributed by atoms with Crippen molar-refractivity contribution in [1.29, 1.82) is 0 Å². The number of aryl methyl sites for hydroxylation is 1. The van der Waals surface area contributed by atoms with Gasteiger partial charge in [-0.05, 0) is 69.3 Å². The maximum atomic E-state index is 3.71. The van der Waals surface area contributed by atoms with E-state index in [4.69, 9.17) is 0 Å². The van der Waals surface area contributed by atoms with Gasteiger partial charge in [-0.1, -0.05) is 12.1 Å². The summed E-state index contributed by atoms with van der Waals surface area (Å²) < 4.78 is 0. The highest BCUT2D eigenvalue weighted by Crippen LogP contribution is 2.20. The summed E-state index contributed by atoms with van der Waals surface area (Å²) in [6, 6.07) is 9.39. The molecule has 1 aromatic rings. The minimum atomic E-state index is 0. The SMILES string of the molecule is Cc1cccc(NC2CCN(CC3CCNCC3)CC2)c1.Cl. The van der Waals surface area contributed by atoms with E-state index in [0.29, 0.717) is 6.04 Å². The second-order valence-corrected chi connectivity index (χ2v) is 6.78. The van der Waals surface area contributed by atoms with Crippen LogP contribution in [0.15, 0.2) is 24.3 Å². The zero-order valence-electron chi connectivity index (χ0n) is 13.7. The Morgan fingerprint density at radius 2 is 1.86 bits per heavy atom. The number of likely N-dealkylation sites (tertiary alicyclic amines) is 1. The fourth-order valence-electron chi connectivity index (χ4n) is 3.66. The molecule has 22 heavy (non-hydrogen) atoms. The number of piperidine rings is 2. The van der Waals surface area contributed by atoms with E-state index in [-0.39, 0.29) is 12.4 Å². The van der Waals surface area contributed by atoms with Gasteiger partial charge in [0.25, 0.3) is 0 Å². The van der Waals surface area contributed by atoms with Crippen LogP contribution < -0.4 is 10.6 Å². The van der Waals surface area contributed by atoms with Gasteiger partial charge in [0, 0.05) is 31.4 Å². The number of halogens is 1. The molecule has 3 rings (SSSR count). The van der Waals surface area contributed by atoms with Gasteiger partial charge in [0.1, 0.15) is 0 Å². The first-order chi connectivity index (χ1) is 10.3. The van der Waals surface area contributed by atoms with E-state index in [1.54, 1.807) is 0 Å². The Morgan fingerprint density at radius 3 is 2.55 bits per heavy atom. The first-order valence-electron chi connectivity index (χ1n) is 8.56. The third kappa shape index (κ3) is 5.15. The highest BCUT2D eigenvalue weighted by Gasteiger charge is 2.22. The van der Waals surface area contributed by atoms with Crippen molar-refractivity contribution in [1.82, 2.24) is 10.2 Å². The van der Waals surface area contributed by atoms with Crippen LogP contribution in [0.1, 0.15) is 31.2 Å². The van der Waals surface area contributed by atoms with Crippen LogP contribution in [0.25, 0.3) is 0 Å². The van der Waals surface area contributed by atoms with Crippen LogP contribution in [-0.4, -0.2) is 43.7 Å². The summed E-state index contributed by atoms with van der Waals surface area (Å²) in [5.74, 6) is 0.924. The van der Waals surface area contributed by atoms with E-state index >= 15 is 0 Å². The Balaban J connectivity index is 0.00000176. The molecule has 0 unspecified atom stereocenters. The first kappa shape index (κ1) is 17.6. The molecule has 124 valence electrons. The molecule has 3 nitrogen and oxygen atoms in total. The lowest BCUT2D eigenvalue weighted by Gasteiger charge is -2.36. The second kappa shape index (κ2) is 8.76. The van der Waals surface area contributed by atoms with E-state index in [1.807, 2.05) is 0 Å². The molecule has 2 fully saturated rings. The average molecular weight is 324 g/mol. The van der Waals surface area contributed by atoms with E-state index in [1.165, 1.54) is 69.7 Å². The summed E-state index contributed by atoms with van der Waals surface area (Å²) in [5, 5.41) is 7.17. The third-order valence-electron chi connectivity index (χ3n) is 4.95. The molecule has 2 aliphatic rings. The summed E-state index contributed by atoms with van der Waals surface area (Å²) in [4.78, 5) is 2.68. The van der Waals surface area contributed by atoms with Gasteiger partial charge in [-0.2, -0.15) is 0 Å². The molecule has 0 amide bonds.